The summed E-state index contributed by atoms with van der Waals surface area (Å²) in [6.07, 6.45) is 0. The van der Waals surface area contributed by atoms with Crippen LogP contribution in [0.25, 0.3) is 0 Å². The van der Waals surface area contributed by atoms with Gasteiger partial charge in [-0.15, -0.1) is 0 Å². The standard InChI is InChI=1S/C16H14N2O.C8H7Cl2NO2/c1-18-14-10-6-5-9-13(14)16(17-11-15(18)19)12-7-3-2-4-8-12;9-5-1-2-7(6(10)3-5)13-4-8(11)12/h2-10H,11H2,1H3;1-3H,4H2,(H2,11,12). The largest absolute Gasteiger partial charge is 0.482 e. The van der Waals surface area contributed by atoms with Gasteiger partial charge in [-0.3, -0.25) is 14.6 Å². The number of hydrogen-bond acceptors (Lipinski definition) is 4. The Labute approximate surface area is 196 Å². The maximum atomic E-state index is 12.0. The summed E-state index contributed by atoms with van der Waals surface area (Å²) in [7, 11) is 1.80. The van der Waals surface area contributed by atoms with E-state index >= 15 is 0 Å². The van der Waals surface area contributed by atoms with E-state index in [1.165, 1.54) is 6.07 Å². The predicted octanol–water partition coefficient (Wildman–Crippen LogP) is 4.36. The maximum absolute atomic E-state index is 12.0. The maximum Gasteiger partial charge on any atom is 0.255 e. The third-order valence-electron chi connectivity index (χ3n) is 4.58. The van der Waals surface area contributed by atoms with Crippen LogP contribution in [-0.4, -0.2) is 37.7 Å². The first-order chi connectivity index (χ1) is 15.4. The number of aliphatic imine (C=N–C) groups is 1. The number of amides is 2. The molecule has 164 valence electrons. The number of fused-ring (bicyclic) bond motifs is 1. The summed E-state index contributed by atoms with van der Waals surface area (Å²) in [6, 6.07) is 22.6. The van der Waals surface area contributed by atoms with E-state index in [2.05, 4.69) is 4.99 Å². The molecular formula is C24H21Cl2N3O3. The number of anilines is 1. The molecule has 0 atom stereocenters. The number of likely N-dealkylation sites (N-methyl/N-ethyl adjacent to an activating group) is 1. The van der Waals surface area contributed by atoms with Crippen LogP contribution in [0.3, 0.4) is 0 Å². The average Bonchev–Trinajstić information content (AvgIpc) is 2.91. The molecule has 3 aromatic rings. The Morgan fingerprint density at radius 1 is 1.06 bits per heavy atom. The van der Waals surface area contributed by atoms with Crippen LogP contribution in [0.15, 0.2) is 77.8 Å². The first-order valence-corrected chi connectivity index (χ1v) is 10.4. The Morgan fingerprint density at radius 2 is 1.75 bits per heavy atom. The van der Waals surface area contributed by atoms with E-state index in [1.807, 2.05) is 54.6 Å². The molecule has 0 aliphatic carbocycles. The topological polar surface area (TPSA) is 85.0 Å². The van der Waals surface area contributed by atoms with Crippen LogP contribution in [0.4, 0.5) is 5.69 Å². The molecule has 0 fully saturated rings. The van der Waals surface area contributed by atoms with Crippen molar-refractivity contribution < 1.29 is 14.3 Å². The van der Waals surface area contributed by atoms with Crippen LogP contribution in [0.5, 0.6) is 5.75 Å². The Hall–Kier alpha value is -3.35. The highest BCUT2D eigenvalue weighted by Gasteiger charge is 2.21. The molecule has 0 bridgehead atoms. The molecule has 3 aromatic carbocycles. The van der Waals surface area contributed by atoms with E-state index in [4.69, 9.17) is 33.7 Å². The summed E-state index contributed by atoms with van der Waals surface area (Å²) < 4.78 is 4.99. The fourth-order valence-electron chi connectivity index (χ4n) is 3.02. The molecule has 0 unspecified atom stereocenters. The van der Waals surface area contributed by atoms with E-state index in [-0.39, 0.29) is 19.1 Å². The second-order valence-corrected chi connectivity index (χ2v) is 7.67. The Kier molecular flexibility index (Phi) is 7.87. The lowest BCUT2D eigenvalue weighted by atomic mass is 10.0. The van der Waals surface area contributed by atoms with Gasteiger partial charge in [0.1, 0.15) is 12.3 Å². The minimum Gasteiger partial charge on any atom is -0.482 e. The van der Waals surface area contributed by atoms with Crippen molar-refractivity contribution in [3.05, 3.63) is 94.0 Å². The number of carbonyl (C=O) groups is 2. The van der Waals surface area contributed by atoms with Gasteiger partial charge in [0.05, 0.1) is 16.4 Å². The molecule has 32 heavy (non-hydrogen) atoms. The van der Waals surface area contributed by atoms with Gasteiger partial charge in [-0.2, -0.15) is 0 Å². The smallest absolute Gasteiger partial charge is 0.255 e. The molecular weight excluding hydrogens is 449 g/mol. The van der Waals surface area contributed by atoms with Crippen LogP contribution in [0, 0.1) is 0 Å². The molecule has 0 aromatic heterocycles. The van der Waals surface area contributed by atoms with Crippen molar-refractivity contribution in [3.63, 3.8) is 0 Å². The van der Waals surface area contributed by atoms with Crippen LogP contribution < -0.4 is 15.4 Å². The highest BCUT2D eigenvalue weighted by atomic mass is 35.5. The number of para-hydroxylation sites is 1. The van der Waals surface area contributed by atoms with Crippen molar-refractivity contribution in [3.8, 4) is 5.75 Å². The van der Waals surface area contributed by atoms with Crippen molar-refractivity contribution in [2.24, 2.45) is 10.7 Å². The van der Waals surface area contributed by atoms with E-state index in [0.29, 0.717) is 15.8 Å². The zero-order valence-electron chi connectivity index (χ0n) is 17.3. The molecule has 2 amide bonds. The number of carbonyl (C=O) groups excluding carboxylic acids is 2. The van der Waals surface area contributed by atoms with Gasteiger partial charge in [0.25, 0.3) is 5.91 Å². The van der Waals surface area contributed by atoms with Gasteiger partial charge >= 0.3 is 0 Å². The fraction of sp³-hybridized carbons (Fsp3) is 0.125. The van der Waals surface area contributed by atoms with Crippen molar-refractivity contribution >= 4 is 46.4 Å². The number of benzene rings is 3. The first kappa shape index (κ1) is 23.3. The number of halogens is 2. The normalized spacial score (nSPS) is 12.7. The summed E-state index contributed by atoms with van der Waals surface area (Å²) in [5, 5.41) is 0.866. The number of hydrogen-bond donors (Lipinski definition) is 1. The number of rotatable bonds is 4. The summed E-state index contributed by atoms with van der Waals surface area (Å²) >= 11 is 11.4. The van der Waals surface area contributed by atoms with Crippen LogP contribution in [0.2, 0.25) is 10.0 Å². The van der Waals surface area contributed by atoms with Crippen molar-refractivity contribution in [1.29, 1.82) is 0 Å². The second kappa shape index (κ2) is 10.8. The highest BCUT2D eigenvalue weighted by molar-refractivity contribution is 6.35. The van der Waals surface area contributed by atoms with Gasteiger partial charge in [0.2, 0.25) is 5.91 Å². The third-order valence-corrected chi connectivity index (χ3v) is 5.11. The molecule has 0 spiro atoms. The van der Waals surface area contributed by atoms with Crippen LogP contribution >= 0.6 is 23.2 Å². The number of nitrogens with two attached hydrogens (primary N) is 1. The predicted molar refractivity (Wildman–Crippen MR) is 128 cm³/mol. The van der Waals surface area contributed by atoms with Gasteiger partial charge in [-0.25, -0.2) is 0 Å². The van der Waals surface area contributed by atoms with Gasteiger partial charge in [0, 0.05) is 23.2 Å². The van der Waals surface area contributed by atoms with Crippen molar-refractivity contribution in [1.82, 2.24) is 0 Å². The van der Waals surface area contributed by atoms with Gasteiger partial charge < -0.3 is 15.4 Å². The minimum atomic E-state index is -0.550. The number of ether oxygens (including phenoxy) is 1. The number of benzodiazepines with no additional fused rings is 1. The lowest BCUT2D eigenvalue weighted by molar-refractivity contribution is -0.120. The fourth-order valence-corrected chi connectivity index (χ4v) is 3.49. The molecule has 0 radical (unpaired) electrons. The van der Waals surface area contributed by atoms with Crippen molar-refractivity contribution in [2.75, 3.05) is 25.1 Å². The molecule has 0 saturated carbocycles. The van der Waals surface area contributed by atoms with Crippen LogP contribution in [0.1, 0.15) is 11.1 Å². The van der Waals surface area contributed by atoms with E-state index in [9.17, 15) is 9.59 Å². The number of nitrogens with zero attached hydrogens (tertiary/aromatic N) is 2. The molecule has 1 aliphatic rings. The van der Waals surface area contributed by atoms with Gasteiger partial charge in [-0.05, 0) is 24.3 Å². The summed E-state index contributed by atoms with van der Waals surface area (Å²) in [5.74, 6) is -0.144. The van der Waals surface area contributed by atoms with E-state index in [1.54, 1.807) is 24.1 Å². The zero-order valence-corrected chi connectivity index (χ0v) is 18.8. The molecule has 8 heteroatoms. The lowest BCUT2D eigenvalue weighted by Gasteiger charge is -2.17. The summed E-state index contributed by atoms with van der Waals surface area (Å²) in [4.78, 5) is 28.5. The molecule has 6 nitrogen and oxygen atoms in total. The minimum absolute atomic E-state index is 0.0124. The molecule has 1 heterocycles. The Bertz CT molecular complexity index is 1150. The Balaban J connectivity index is 0.000000195. The van der Waals surface area contributed by atoms with Crippen LogP contribution in [-0.2, 0) is 9.59 Å². The summed E-state index contributed by atoms with van der Waals surface area (Å²) in [6.45, 7) is -0.00321. The SMILES string of the molecule is CN1C(=O)CN=C(c2ccccc2)c2ccccc21.NC(=O)COc1ccc(Cl)cc1Cl. The van der Waals surface area contributed by atoms with Crippen molar-refractivity contribution in [2.45, 2.75) is 0 Å². The average molecular weight is 470 g/mol. The lowest BCUT2D eigenvalue weighted by Crippen LogP contribution is -2.27. The highest BCUT2D eigenvalue weighted by Crippen LogP contribution is 2.27. The second-order valence-electron chi connectivity index (χ2n) is 6.83. The van der Waals surface area contributed by atoms with E-state index in [0.717, 1.165) is 22.5 Å². The Morgan fingerprint density at radius 3 is 2.44 bits per heavy atom. The molecule has 1 aliphatic heterocycles. The van der Waals surface area contributed by atoms with E-state index < -0.39 is 5.91 Å². The molecule has 0 saturated heterocycles. The molecule has 2 N–H and O–H groups in total. The molecule has 4 rings (SSSR count). The third kappa shape index (κ3) is 5.87. The first-order valence-electron chi connectivity index (χ1n) is 9.69. The number of primary amides is 1. The quantitative estimate of drug-likeness (QED) is 0.615. The van der Waals surface area contributed by atoms with Gasteiger partial charge in [0.15, 0.2) is 6.61 Å². The zero-order chi connectivity index (χ0) is 23.1. The monoisotopic (exact) mass is 469 g/mol. The summed E-state index contributed by atoms with van der Waals surface area (Å²) in [5.41, 5.74) is 8.72. The van der Waals surface area contributed by atoms with Gasteiger partial charge in [-0.1, -0.05) is 71.7 Å².